The van der Waals surface area contributed by atoms with Crippen molar-refractivity contribution < 1.29 is 64.4 Å². The second-order valence-electron chi connectivity index (χ2n) is 15.2. The maximum atomic E-state index is 13.3. The molecule has 2 atom stereocenters. The van der Waals surface area contributed by atoms with Crippen LogP contribution in [0.2, 0.25) is 0 Å². The van der Waals surface area contributed by atoms with Crippen molar-refractivity contribution in [2.45, 2.75) is 77.5 Å². The summed E-state index contributed by atoms with van der Waals surface area (Å²) in [5, 5.41) is 3.15. The summed E-state index contributed by atoms with van der Waals surface area (Å²) in [4.78, 5) is 47.6. The molecule has 20 heteroatoms. The highest BCUT2D eigenvalue weighted by Gasteiger charge is 2.44. The van der Waals surface area contributed by atoms with Crippen molar-refractivity contribution in [3.63, 3.8) is 0 Å². The summed E-state index contributed by atoms with van der Waals surface area (Å²) in [7, 11) is 0. The van der Waals surface area contributed by atoms with E-state index >= 15 is 0 Å². The van der Waals surface area contributed by atoms with Gasteiger partial charge in [0, 0.05) is 38.3 Å². The molecule has 0 spiro atoms. The monoisotopic (exact) mass is 818 g/mol. The maximum Gasteiger partial charge on any atom is 0.471 e. The number of rotatable bonds is 8. The van der Waals surface area contributed by atoms with E-state index in [2.05, 4.69) is 15.3 Å². The first kappa shape index (κ1) is 43.4. The molecule has 2 aromatic rings. The molecule has 0 saturated carbocycles. The smallest absolute Gasteiger partial charge is 0.471 e. The number of hydrogen-bond acceptors (Lipinski definition) is 11. The molecule has 2 unspecified atom stereocenters. The standard InChI is InChI=1S/C21H28F3N3O5.C16H20F3N3O3/c1-20(2,3)32-19(29)26-6-4-5-14(11-26)12-27(18(28)21(22,23)24)13-15-9-16-17(10-25-15)31-8-7-30-16;17-16(18,19)15(23)22(9-11-2-1-3-20-7-11)10-12-6-13-14(8-21-12)25-5-4-24-13/h9-10,14H,4-8,11-13H2,1-3H3;6,8,11,20H,1-5,7,9-10H2. The van der Waals surface area contributed by atoms with Gasteiger partial charge in [-0.05, 0) is 71.4 Å². The Labute approximate surface area is 326 Å². The zero-order valence-electron chi connectivity index (χ0n) is 32.0. The number of carbonyl (C=O) groups excluding carboxylic acids is 3. The zero-order chi connectivity index (χ0) is 41.4. The average Bonchev–Trinajstić information content (AvgIpc) is 3.16. The fourth-order valence-corrected chi connectivity index (χ4v) is 6.75. The Morgan fingerprint density at radius 3 is 1.68 bits per heavy atom. The van der Waals surface area contributed by atoms with Crippen LogP contribution in [0, 0.1) is 11.8 Å². The number of pyridine rings is 2. The molecular weight excluding hydrogens is 770 g/mol. The fraction of sp³-hybridized carbons (Fsp3) is 0.649. The summed E-state index contributed by atoms with van der Waals surface area (Å²) >= 11 is 0. The van der Waals surface area contributed by atoms with Crippen LogP contribution in [0.15, 0.2) is 24.5 Å². The molecule has 0 bridgehead atoms. The Morgan fingerprint density at radius 1 is 0.754 bits per heavy atom. The number of aromatic nitrogens is 2. The van der Waals surface area contributed by atoms with Crippen LogP contribution in [0.3, 0.4) is 0 Å². The first-order valence-electron chi connectivity index (χ1n) is 18.8. The van der Waals surface area contributed by atoms with Gasteiger partial charge in [0.1, 0.15) is 32.0 Å². The summed E-state index contributed by atoms with van der Waals surface area (Å²) in [5.74, 6) is -2.41. The van der Waals surface area contributed by atoms with Crippen molar-refractivity contribution in [1.82, 2.24) is 30.0 Å². The fourth-order valence-electron chi connectivity index (χ4n) is 6.75. The summed E-state index contributed by atoms with van der Waals surface area (Å²) in [6.45, 7) is 8.17. The quantitative estimate of drug-likeness (QED) is 0.354. The molecule has 4 aliphatic rings. The van der Waals surface area contributed by atoms with E-state index in [4.69, 9.17) is 23.7 Å². The molecule has 6 rings (SSSR count). The van der Waals surface area contributed by atoms with Crippen molar-refractivity contribution in [2.75, 3.05) is 65.7 Å². The molecule has 57 heavy (non-hydrogen) atoms. The Balaban J connectivity index is 0.000000224. The van der Waals surface area contributed by atoms with Crippen LogP contribution in [0.5, 0.6) is 23.0 Å². The highest BCUT2D eigenvalue weighted by Crippen LogP contribution is 2.32. The maximum absolute atomic E-state index is 13.3. The topological polar surface area (TPSA) is 145 Å². The third-order valence-electron chi connectivity index (χ3n) is 9.27. The molecule has 14 nitrogen and oxygen atoms in total. The van der Waals surface area contributed by atoms with E-state index in [1.165, 1.54) is 29.4 Å². The lowest BCUT2D eigenvalue weighted by molar-refractivity contribution is -0.187. The van der Waals surface area contributed by atoms with Gasteiger partial charge in [-0.25, -0.2) is 4.79 Å². The first-order chi connectivity index (χ1) is 26.9. The summed E-state index contributed by atoms with van der Waals surface area (Å²) in [5.41, 5.74) is -0.0797. The van der Waals surface area contributed by atoms with Crippen molar-refractivity contribution in [3.05, 3.63) is 35.9 Å². The van der Waals surface area contributed by atoms with Gasteiger partial charge in [-0.15, -0.1) is 0 Å². The summed E-state index contributed by atoms with van der Waals surface area (Å²) < 4.78 is 106. The van der Waals surface area contributed by atoms with Gasteiger partial charge in [-0.3, -0.25) is 19.6 Å². The molecule has 0 aromatic carbocycles. The van der Waals surface area contributed by atoms with Crippen LogP contribution >= 0.6 is 0 Å². The number of hydrogen-bond donors (Lipinski definition) is 1. The van der Waals surface area contributed by atoms with Crippen molar-refractivity contribution in [3.8, 4) is 23.0 Å². The number of amides is 3. The van der Waals surface area contributed by atoms with Gasteiger partial charge >= 0.3 is 30.3 Å². The van der Waals surface area contributed by atoms with E-state index < -0.39 is 35.9 Å². The molecule has 2 fully saturated rings. The normalized spacial score (nSPS) is 19.4. The number of halogens is 6. The molecule has 0 radical (unpaired) electrons. The van der Waals surface area contributed by atoms with Crippen molar-refractivity contribution in [1.29, 1.82) is 0 Å². The largest absolute Gasteiger partial charge is 0.486 e. The van der Waals surface area contributed by atoms with Crippen molar-refractivity contribution >= 4 is 17.9 Å². The molecule has 2 saturated heterocycles. The SMILES string of the molecule is CC(C)(C)OC(=O)N1CCCC(CN(Cc2cc3c(cn2)OCCO3)C(=O)C(F)(F)F)C1.O=C(N(Cc1cc2c(cn1)OCCO2)CC1CCCNC1)C(F)(F)F. The number of ether oxygens (including phenoxy) is 5. The molecule has 2 aromatic heterocycles. The Morgan fingerprint density at radius 2 is 1.23 bits per heavy atom. The average molecular weight is 819 g/mol. The molecule has 4 aliphatic heterocycles. The number of nitrogens with zero attached hydrogens (tertiary/aromatic N) is 5. The van der Waals surface area contributed by atoms with Gasteiger partial charge < -0.3 is 43.7 Å². The number of likely N-dealkylation sites (tertiary alicyclic amines) is 1. The van der Waals surface area contributed by atoms with Crippen LogP contribution in [0.1, 0.15) is 57.8 Å². The number of carbonyl (C=O) groups is 3. The van der Waals surface area contributed by atoms with E-state index in [0.29, 0.717) is 81.1 Å². The van der Waals surface area contributed by atoms with E-state index in [0.717, 1.165) is 29.2 Å². The Hall–Kier alpha value is -4.75. The van der Waals surface area contributed by atoms with E-state index in [1.807, 2.05) is 0 Å². The molecule has 6 heterocycles. The van der Waals surface area contributed by atoms with Crippen LogP contribution in [-0.2, 0) is 27.4 Å². The summed E-state index contributed by atoms with van der Waals surface area (Å²) in [6.07, 6.45) is -4.75. The lowest BCUT2D eigenvalue weighted by atomic mass is 9.97. The number of fused-ring (bicyclic) bond motifs is 2. The number of piperidine rings is 2. The molecular formula is C37H48F6N6O8. The first-order valence-corrected chi connectivity index (χ1v) is 18.8. The van der Waals surface area contributed by atoms with Gasteiger partial charge in [0.25, 0.3) is 0 Å². The highest BCUT2D eigenvalue weighted by atomic mass is 19.4. The third-order valence-corrected chi connectivity index (χ3v) is 9.27. The van der Waals surface area contributed by atoms with Gasteiger partial charge in [-0.2, -0.15) is 26.3 Å². The molecule has 0 aliphatic carbocycles. The predicted octanol–water partition coefficient (Wildman–Crippen LogP) is 5.13. The second-order valence-corrected chi connectivity index (χ2v) is 15.2. The lowest BCUT2D eigenvalue weighted by Crippen LogP contribution is -2.48. The summed E-state index contributed by atoms with van der Waals surface area (Å²) in [6, 6.07) is 3.02. The van der Waals surface area contributed by atoms with E-state index in [1.54, 1.807) is 20.8 Å². The minimum Gasteiger partial charge on any atom is -0.486 e. The highest BCUT2D eigenvalue weighted by molar-refractivity contribution is 5.82. The van der Waals surface area contributed by atoms with E-state index in [9.17, 15) is 40.7 Å². The van der Waals surface area contributed by atoms with Crippen LogP contribution < -0.4 is 24.3 Å². The Kier molecular flexibility index (Phi) is 14.2. The van der Waals surface area contributed by atoms with Gasteiger partial charge in [-0.1, -0.05) is 0 Å². The number of nitrogens with one attached hydrogen (secondary N) is 1. The van der Waals surface area contributed by atoms with Gasteiger partial charge in [0.2, 0.25) is 0 Å². The molecule has 316 valence electrons. The third kappa shape index (κ3) is 12.9. The Bertz CT molecular complexity index is 1700. The second kappa shape index (κ2) is 18.7. The minimum absolute atomic E-state index is 0.00254. The van der Waals surface area contributed by atoms with Gasteiger partial charge in [0.05, 0.1) is 36.9 Å². The van der Waals surface area contributed by atoms with Gasteiger partial charge in [0.15, 0.2) is 23.0 Å². The number of alkyl halides is 6. The van der Waals surface area contributed by atoms with Crippen LogP contribution in [0.25, 0.3) is 0 Å². The molecule has 1 N–H and O–H groups in total. The van der Waals surface area contributed by atoms with Crippen molar-refractivity contribution in [2.24, 2.45) is 11.8 Å². The van der Waals surface area contributed by atoms with Crippen LogP contribution in [0.4, 0.5) is 31.1 Å². The van der Waals surface area contributed by atoms with Crippen LogP contribution in [-0.4, -0.2) is 126 Å². The molecule has 3 amide bonds. The van der Waals surface area contributed by atoms with E-state index in [-0.39, 0.29) is 50.3 Å². The lowest BCUT2D eigenvalue weighted by Gasteiger charge is -2.36. The predicted molar refractivity (Wildman–Crippen MR) is 190 cm³/mol. The minimum atomic E-state index is -5.02. The zero-order valence-corrected chi connectivity index (χ0v) is 32.0.